The first-order valence-corrected chi connectivity index (χ1v) is 13.5. The van der Waals surface area contributed by atoms with Gasteiger partial charge in [-0.2, -0.15) is 4.31 Å². The van der Waals surface area contributed by atoms with Gasteiger partial charge in [0.1, 0.15) is 10.8 Å². The van der Waals surface area contributed by atoms with Crippen molar-refractivity contribution in [2.45, 2.75) is 29.2 Å². The second-order valence-electron chi connectivity index (χ2n) is 8.53. The van der Waals surface area contributed by atoms with E-state index in [-0.39, 0.29) is 28.5 Å². The van der Waals surface area contributed by atoms with Crippen LogP contribution in [-0.2, 0) is 10.0 Å². The second kappa shape index (κ2) is 9.51. The lowest BCUT2D eigenvalue weighted by Crippen LogP contribution is -2.44. The maximum Gasteiger partial charge on any atom is 0.293 e. The number of nitro benzene ring substituents is 1. The van der Waals surface area contributed by atoms with E-state index in [0.717, 1.165) is 6.07 Å². The number of rotatable bonds is 6. The molecule has 1 spiro atoms. The van der Waals surface area contributed by atoms with E-state index in [1.54, 1.807) is 23.2 Å². The summed E-state index contributed by atoms with van der Waals surface area (Å²) in [5.41, 5.74) is -0.169. The highest BCUT2D eigenvalue weighted by molar-refractivity contribution is 7.98. The molecule has 0 saturated carbocycles. The standard InChI is InChI=1S/C22H26N4O6S2/c1-32-16-5-6-19(18(14-16)26(28)29)34(30,31)25-13-9-22(15-25)7-11-24(12-8-22)21(27)17-4-3-10-23-20(17)33-2/h3-6,10,14H,7-9,11-13,15H2,1-2H3. The van der Waals surface area contributed by atoms with E-state index in [1.807, 2.05) is 6.26 Å². The number of methoxy groups -OCH3 is 1. The van der Waals surface area contributed by atoms with E-state index in [1.165, 1.54) is 35.3 Å². The number of nitro groups is 1. The monoisotopic (exact) mass is 506 g/mol. The SMILES string of the molecule is COc1ccc(S(=O)(=O)N2CCC3(CCN(C(=O)c4cccnc4SC)CC3)C2)c([N+](=O)[O-])c1. The van der Waals surface area contributed by atoms with Gasteiger partial charge in [-0.15, -0.1) is 11.8 Å². The fourth-order valence-corrected chi connectivity index (χ4v) is 6.94. The van der Waals surface area contributed by atoms with Gasteiger partial charge in [-0.25, -0.2) is 13.4 Å². The van der Waals surface area contributed by atoms with Crippen molar-refractivity contribution in [3.05, 3.63) is 52.2 Å². The van der Waals surface area contributed by atoms with Crippen LogP contribution >= 0.6 is 11.8 Å². The van der Waals surface area contributed by atoms with Crippen molar-refractivity contribution in [1.29, 1.82) is 0 Å². The van der Waals surface area contributed by atoms with Crippen LogP contribution in [0.15, 0.2) is 46.5 Å². The zero-order valence-corrected chi connectivity index (χ0v) is 20.6. The molecule has 1 aromatic heterocycles. The number of carbonyl (C=O) groups excluding carboxylic acids is 1. The van der Waals surface area contributed by atoms with Crippen molar-refractivity contribution in [3.63, 3.8) is 0 Å². The van der Waals surface area contributed by atoms with Crippen LogP contribution in [0.3, 0.4) is 0 Å². The van der Waals surface area contributed by atoms with Crippen LogP contribution in [0.1, 0.15) is 29.6 Å². The number of sulfonamides is 1. The number of piperidine rings is 1. The highest BCUT2D eigenvalue weighted by Gasteiger charge is 2.46. The molecule has 2 fully saturated rings. The molecule has 0 aliphatic carbocycles. The Balaban J connectivity index is 1.48. The number of carbonyl (C=O) groups is 1. The van der Waals surface area contributed by atoms with Crippen LogP contribution in [0.2, 0.25) is 0 Å². The Hall–Kier alpha value is -2.70. The molecule has 3 heterocycles. The van der Waals surface area contributed by atoms with Crippen LogP contribution < -0.4 is 4.74 Å². The molecule has 0 N–H and O–H groups in total. The van der Waals surface area contributed by atoms with Crippen molar-refractivity contribution in [3.8, 4) is 5.75 Å². The molecule has 0 atom stereocenters. The van der Waals surface area contributed by atoms with Gasteiger partial charge in [-0.1, -0.05) is 0 Å². The quantitative estimate of drug-likeness (QED) is 0.333. The predicted molar refractivity (Wildman–Crippen MR) is 127 cm³/mol. The average Bonchev–Trinajstić information content (AvgIpc) is 3.27. The molecule has 0 radical (unpaired) electrons. The summed E-state index contributed by atoms with van der Waals surface area (Å²) in [7, 11) is -2.69. The third kappa shape index (κ3) is 4.49. The minimum absolute atomic E-state index is 0.0661. The van der Waals surface area contributed by atoms with Crippen LogP contribution in [-0.4, -0.2) is 73.0 Å². The molecule has 1 aromatic carbocycles. The number of hydrogen-bond acceptors (Lipinski definition) is 8. The summed E-state index contributed by atoms with van der Waals surface area (Å²) < 4.78 is 33.0. The zero-order chi connectivity index (χ0) is 24.5. The molecule has 182 valence electrons. The summed E-state index contributed by atoms with van der Waals surface area (Å²) in [6.45, 7) is 1.62. The van der Waals surface area contributed by atoms with E-state index in [2.05, 4.69) is 4.98 Å². The lowest BCUT2D eigenvalue weighted by Gasteiger charge is -2.39. The lowest BCUT2D eigenvalue weighted by atomic mass is 9.78. The number of aromatic nitrogens is 1. The van der Waals surface area contributed by atoms with E-state index < -0.39 is 20.6 Å². The van der Waals surface area contributed by atoms with Crippen LogP contribution in [0.25, 0.3) is 0 Å². The summed E-state index contributed by atoms with van der Waals surface area (Å²) in [4.78, 5) is 29.6. The number of thioether (sulfide) groups is 1. The second-order valence-corrected chi connectivity index (χ2v) is 11.2. The summed E-state index contributed by atoms with van der Waals surface area (Å²) in [5.74, 6) is 0.155. The van der Waals surface area contributed by atoms with Gasteiger partial charge in [-0.3, -0.25) is 14.9 Å². The molecule has 34 heavy (non-hydrogen) atoms. The van der Waals surface area contributed by atoms with Gasteiger partial charge in [0, 0.05) is 32.4 Å². The summed E-state index contributed by atoms with van der Waals surface area (Å²) in [5, 5.41) is 12.2. The molecule has 12 heteroatoms. The average molecular weight is 507 g/mol. The van der Waals surface area contributed by atoms with Crippen molar-refractivity contribution in [1.82, 2.24) is 14.2 Å². The number of hydrogen-bond donors (Lipinski definition) is 0. The molecular formula is C22H26N4O6S2. The Morgan fingerprint density at radius 2 is 1.91 bits per heavy atom. The van der Waals surface area contributed by atoms with Crippen molar-refractivity contribution in [2.75, 3.05) is 39.5 Å². The number of pyridine rings is 1. The number of ether oxygens (including phenoxy) is 1. The fourth-order valence-electron chi connectivity index (χ4n) is 4.70. The van der Waals surface area contributed by atoms with Gasteiger partial charge >= 0.3 is 0 Å². The normalized spacial score (nSPS) is 18.2. The number of likely N-dealkylation sites (tertiary alicyclic amines) is 1. The van der Waals surface area contributed by atoms with Crippen LogP contribution in [0.4, 0.5) is 5.69 Å². The number of nitrogens with zero attached hydrogens (tertiary/aromatic N) is 4. The molecule has 0 bridgehead atoms. The molecule has 2 aliphatic heterocycles. The van der Waals surface area contributed by atoms with Gasteiger partial charge in [0.05, 0.1) is 23.7 Å². The van der Waals surface area contributed by atoms with E-state index in [0.29, 0.717) is 49.5 Å². The maximum absolute atomic E-state index is 13.3. The lowest BCUT2D eigenvalue weighted by molar-refractivity contribution is -0.387. The Labute approximate surface area is 202 Å². The van der Waals surface area contributed by atoms with Crippen LogP contribution in [0.5, 0.6) is 5.75 Å². The molecule has 2 aromatic rings. The molecule has 10 nitrogen and oxygen atoms in total. The molecule has 0 unspecified atom stereocenters. The summed E-state index contributed by atoms with van der Waals surface area (Å²) in [6.07, 6.45) is 5.54. The molecule has 4 rings (SSSR count). The van der Waals surface area contributed by atoms with Gasteiger partial charge in [-0.05, 0) is 55.2 Å². The van der Waals surface area contributed by atoms with Crippen LogP contribution in [0, 0.1) is 15.5 Å². The first kappa shape index (κ1) is 24.4. The van der Waals surface area contributed by atoms with Gasteiger partial charge in [0.25, 0.3) is 11.6 Å². The topological polar surface area (TPSA) is 123 Å². The Morgan fingerprint density at radius 3 is 2.56 bits per heavy atom. The minimum atomic E-state index is -4.05. The third-order valence-electron chi connectivity index (χ3n) is 6.69. The predicted octanol–water partition coefficient (Wildman–Crippen LogP) is 3.04. The highest BCUT2D eigenvalue weighted by atomic mass is 32.2. The van der Waals surface area contributed by atoms with E-state index in [9.17, 15) is 23.3 Å². The Kier molecular flexibility index (Phi) is 6.83. The first-order valence-electron chi connectivity index (χ1n) is 10.8. The number of benzene rings is 1. The van der Waals surface area contributed by atoms with Gasteiger partial charge in [0.2, 0.25) is 10.0 Å². The van der Waals surface area contributed by atoms with E-state index >= 15 is 0 Å². The summed E-state index contributed by atoms with van der Waals surface area (Å²) >= 11 is 1.43. The van der Waals surface area contributed by atoms with Crippen molar-refractivity contribution < 1.29 is 22.9 Å². The summed E-state index contributed by atoms with van der Waals surface area (Å²) in [6, 6.07) is 7.30. The maximum atomic E-state index is 13.3. The zero-order valence-electron chi connectivity index (χ0n) is 19.0. The molecule has 2 saturated heterocycles. The first-order chi connectivity index (χ1) is 16.2. The number of amides is 1. The smallest absolute Gasteiger partial charge is 0.293 e. The largest absolute Gasteiger partial charge is 0.497 e. The Morgan fingerprint density at radius 1 is 1.21 bits per heavy atom. The van der Waals surface area contributed by atoms with Crippen molar-refractivity contribution >= 4 is 33.4 Å². The minimum Gasteiger partial charge on any atom is -0.497 e. The fraction of sp³-hybridized carbons (Fsp3) is 0.455. The van der Waals surface area contributed by atoms with E-state index in [4.69, 9.17) is 4.74 Å². The molecule has 1 amide bonds. The van der Waals surface area contributed by atoms with Gasteiger partial charge in [0.15, 0.2) is 4.90 Å². The van der Waals surface area contributed by atoms with Gasteiger partial charge < -0.3 is 9.64 Å². The molecule has 2 aliphatic rings. The molecular weight excluding hydrogens is 480 g/mol. The highest BCUT2D eigenvalue weighted by Crippen LogP contribution is 2.43. The van der Waals surface area contributed by atoms with Crippen molar-refractivity contribution in [2.24, 2.45) is 5.41 Å². The Bertz CT molecular complexity index is 1210. The third-order valence-corrected chi connectivity index (χ3v) is 9.29.